The molecule has 1 N–H and O–H groups in total. The third-order valence-electron chi connectivity index (χ3n) is 3.32. The molecule has 0 saturated carbocycles. The molecule has 0 aliphatic rings. The third-order valence-corrected chi connectivity index (χ3v) is 4.16. The van der Waals surface area contributed by atoms with Gasteiger partial charge in [-0.2, -0.15) is 0 Å². The van der Waals surface area contributed by atoms with Gasteiger partial charge in [-0.05, 0) is 47.3 Å². The first-order valence-electron chi connectivity index (χ1n) is 7.07. The van der Waals surface area contributed by atoms with Crippen LogP contribution in [0, 0.1) is 0 Å². The van der Waals surface area contributed by atoms with E-state index in [1.165, 1.54) is 16.0 Å². The van der Waals surface area contributed by atoms with Crippen molar-refractivity contribution < 1.29 is 4.74 Å². The molecule has 0 radical (unpaired) electrons. The second-order valence-electron chi connectivity index (χ2n) is 4.83. The van der Waals surface area contributed by atoms with Gasteiger partial charge in [0.15, 0.2) is 0 Å². The molecule has 0 aliphatic carbocycles. The largest absolute Gasteiger partial charge is 0.497 e. The Kier molecular flexibility index (Phi) is 4.66. The van der Waals surface area contributed by atoms with E-state index in [4.69, 9.17) is 4.74 Å². The first kappa shape index (κ1) is 14.5. The van der Waals surface area contributed by atoms with Gasteiger partial charge in [-0.25, -0.2) is 0 Å². The number of anilines is 1. The molecule has 0 aromatic heterocycles. The second-order valence-corrected chi connectivity index (χ2v) is 5.71. The zero-order valence-corrected chi connectivity index (χ0v) is 13.1. The standard InChI is InChI=1S/C19H17NOS/c1-21-18-9-5-8-17(14-18)20-22-19-12-10-16(11-13-19)15-6-3-2-4-7-15/h2-14,20H,1H3. The lowest BCUT2D eigenvalue weighted by Crippen LogP contribution is -1.88. The minimum Gasteiger partial charge on any atom is -0.497 e. The van der Waals surface area contributed by atoms with Crippen LogP contribution in [0.2, 0.25) is 0 Å². The molecule has 3 aromatic rings. The number of ether oxygens (including phenoxy) is 1. The van der Waals surface area contributed by atoms with E-state index in [0.29, 0.717) is 0 Å². The Labute approximate surface area is 135 Å². The zero-order valence-electron chi connectivity index (χ0n) is 12.3. The summed E-state index contributed by atoms with van der Waals surface area (Å²) in [6, 6.07) is 26.8. The van der Waals surface area contributed by atoms with Crippen LogP contribution in [-0.4, -0.2) is 7.11 Å². The molecule has 0 heterocycles. The fourth-order valence-electron chi connectivity index (χ4n) is 2.15. The van der Waals surface area contributed by atoms with Crippen molar-refractivity contribution in [2.24, 2.45) is 0 Å². The van der Waals surface area contributed by atoms with Gasteiger partial charge in [0, 0.05) is 16.6 Å². The van der Waals surface area contributed by atoms with E-state index >= 15 is 0 Å². The summed E-state index contributed by atoms with van der Waals surface area (Å²) in [4.78, 5) is 1.17. The highest BCUT2D eigenvalue weighted by atomic mass is 32.2. The van der Waals surface area contributed by atoms with Crippen molar-refractivity contribution in [2.75, 3.05) is 11.8 Å². The highest BCUT2D eigenvalue weighted by Gasteiger charge is 1.99. The summed E-state index contributed by atoms with van der Waals surface area (Å²) < 4.78 is 8.55. The maximum atomic E-state index is 5.22. The molecule has 0 aliphatic heterocycles. The molecule has 3 rings (SSSR count). The van der Waals surface area contributed by atoms with Crippen molar-refractivity contribution in [3.63, 3.8) is 0 Å². The first-order chi connectivity index (χ1) is 10.8. The van der Waals surface area contributed by atoms with Gasteiger partial charge in [0.1, 0.15) is 5.75 Å². The smallest absolute Gasteiger partial charge is 0.120 e. The summed E-state index contributed by atoms with van der Waals surface area (Å²) in [5.41, 5.74) is 3.49. The van der Waals surface area contributed by atoms with Crippen molar-refractivity contribution in [3.8, 4) is 16.9 Å². The molecule has 3 heteroatoms. The predicted octanol–water partition coefficient (Wildman–Crippen LogP) is 5.48. The Balaban J connectivity index is 1.66. The van der Waals surface area contributed by atoms with Crippen molar-refractivity contribution in [1.82, 2.24) is 0 Å². The maximum absolute atomic E-state index is 5.22. The van der Waals surface area contributed by atoms with Crippen LogP contribution in [0.25, 0.3) is 11.1 Å². The number of nitrogens with one attached hydrogen (secondary N) is 1. The summed E-state index contributed by atoms with van der Waals surface area (Å²) >= 11 is 1.59. The van der Waals surface area contributed by atoms with Crippen molar-refractivity contribution in [1.29, 1.82) is 0 Å². The van der Waals surface area contributed by atoms with Crippen molar-refractivity contribution in [3.05, 3.63) is 78.9 Å². The molecule has 0 bridgehead atoms. The summed E-state index contributed by atoms with van der Waals surface area (Å²) in [6.45, 7) is 0. The molecular weight excluding hydrogens is 290 g/mol. The molecule has 0 atom stereocenters. The Hall–Kier alpha value is -2.39. The molecule has 0 amide bonds. The average molecular weight is 307 g/mol. The Morgan fingerprint density at radius 3 is 2.23 bits per heavy atom. The quantitative estimate of drug-likeness (QED) is 0.630. The van der Waals surface area contributed by atoms with Gasteiger partial charge in [0.2, 0.25) is 0 Å². The van der Waals surface area contributed by atoms with Crippen LogP contribution < -0.4 is 9.46 Å². The summed E-state index contributed by atoms with van der Waals surface area (Å²) in [5.74, 6) is 0.852. The molecule has 0 spiro atoms. The van der Waals surface area contributed by atoms with Gasteiger partial charge >= 0.3 is 0 Å². The van der Waals surface area contributed by atoms with Crippen LogP contribution in [0.4, 0.5) is 5.69 Å². The molecule has 0 unspecified atom stereocenters. The second kappa shape index (κ2) is 7.05. The number of hydrogen-bond donors (Lipinski definition) is 1. The molecule has 0 saturated heterocycles. The van der Waals surface area contributed by atoms with Crippen molar-refractivity contribution in [2.45, 2.75) is 4.90 Å². The number of rotatable bonds is 5. The van der Waals surface area contributed by atoms with Gasteiger partial charge in [-0.3, -0.25) is 0 Å². The lowest BCUT2D eigenvalue weighted by molar-refractivity contribution is 0.415. The van der Waals surface area contributed by atoms with E-state index in [1.807, 2.05) is 30.3 Å². The maximum Gasteiger partial charge on any atom is 0.120 e. The Bertz CT molecular complexity index is 726. The van der Waals surface area contributed by atoms with Gasteiger partial charge in [0.05, 0.1) is 7.11 Å². The molecule has 110 valence electrons. The van der Waals surface area contributed by atoms with E-state index in [1.54, 1.807) is 19.1 Å². The minimum absolute atomic E-state index is 0.852. The van der Waals surface area contributed by atoms with Gasteiger partial charge in [-0.1, -0.05) is 48.5 Å². The molecular formula is C19H17NOS. The predicted molar refractivity (Wildman–Crippen MR) is 94.4 cm³/mol. The van der Waals surface area contributed by atoms with Crippen LogP contribution in [0.1, 0.15) is 0 Å². The Morgan fingerprint density at radius 2 is 1.50 bits per heavy atom. The number of methoxy groups -OCH3 is 1. The van der Waals surface area contributed by atoms with Gasteiger partial charge in [0.25, 0.3) is 0 Å². The normalized spacial score (nSPS) is 10.2. The minimum atomic E-state index is 0.852. The van der Waals surface area contributed by atoms with E-state index in [9.17, 15) is 0 Å². The van der Waals surface area contributed by atoms with Crippen LogP contribution in [0.3, 0.4) is 0 Å². The molecule has 3 aromatic carbocycles. The van der Waals surface area contributed by atoms with Gasteiger partial charge < -0.3 is 9.46 Å². The highest BCUT2D eigenvalue weighted by Crippen LogP contribution is 2.26. The van der Waals surface area contributed by atoms with E-state index < -0.39 is 0 Å². The number of hydrogen-bond acceptors (Lipinski definition) is 3. The van der Waals surface area contributed by atoms with E-state index in [-0.39, 0.29) is 0 Å². The Morgan fingerprint density at radius 1 is 0.773 bits per heavy atom. The highest BCUT2D eigenvalue weighted by molar-refractivity contribution is 8.00. The third kappa shape index (κ3) is 3.62. The van der Waals surface area contributed by atoms with E-state index in [0.717, 1.165) is 11.4 Å². The average Bonchev–Trinajstić information content (AvgIpc) is 2.61. The van der Waals surface area contributed by atoms with Crippen LogP contribution in [0.15, 0.2) is 83.8 Å². The zero-order chi connectivity index (χ0) is 15.2. The van der Waals surface area contributed by atoms with Crippen LogP contribution >= 0.6 is 11.9 Å². The monoisotopic (exact) mass is 307 g/mol. The number of benzene rings is 3. The van der Waals surface area contributed by atoms with E-state index in [2.05, 4.69) is 53.3 Å². The summed E-state index contributed by atoms with van der Waals surface area (Å²) in [7, 11) is 1.68. The lowest BCUT2D eigenvalue weighted by atomic mass is 10.1. The summed E-state index contributed by atoms with van der Waals surface area (Å²) in [6.07, 6.45) is 0. The summed E-state index contributed by atoms with van der Waals surface area (Å²) in [5, 5.41) is 0. The first-order valence-corrected chi connectivity index (χ1v) is 7.89. The molecule has 22 heavy (non-hydrogen) atoms. The molecule has 2 nitrogen and oxygen atoms in total. The fourth-order valence-corrected chi connectivity index (χ4v) is 2.79. The fraction of sp³-hybridized carbons (Fsp3) is 0.0526. The molecule has 0 fully saturated rings. The lowest BCUT2D eigenvalue weighted by Gasteiger charge is -2.08. The topological polar surface area (TPSA) is 21.3 Å². The SMILES string of the molecule is COc1cccc(NSc2ccc(-c3ccccc3)cc2)c1. The van der Waals surface area contributed by atoms with Crippen LogP contribution in [0.5, 0.6) is 5.75 Å². The van der Waals surface area contributed by atoms with Crippen LogP contribution in [-0.2, 0) is 0 Å². The van der Waals surface area contributed by atoms with Gasteiger partial charge in [-0.15, -0.1) is 0 Å². The van der Waals surface area contributed by atoms with Crippen molar-refractivity contribution >= 4 is 17.6 Å².